The summed E-state index contributed by atoms with van der Waals surface area (Å²) in [7, 11) is 0. The molecule has 6 heteroatoms. The number of H-pyrrole nitrogens is 1. The van der Waals surface area contributed by atoms with Gasteiger partial charge in [0.1, 0.15) is 5.82 Å². The molecule has 0 radical (unpaired) electrons. The Balaban J connectivity index is 2.45. The van der Waals surface area contributed by atoms with Crippen LogP contribution in [0.2, 0.25) is 0 Å². The lowest BCUT2D eigenvalue weighted by Gasteiger charge is -2.21. The highest BCUT2D eigenvalue weighted by molar-refractivity contribution is 9.10. The molecule has 0 atom stereocenters. The summed E-state index contributed by atoms with van der Waals surface area (Å²) < 4.78 is 0.937. The van der Waals surface area contributed by atoms with Crippen molar-refractivity contribution >= 4 is 33.1 Å². The van der Waals surface area contributed by atoms with Crippen molar-refractivity contribution in [3.05, 3.63) is 28.5 Å². The number of imidazole rings is 1. The molecular formula is C11H12BrN3O2. The number of nitrogens with one attached hydrogen (secondary N) is 2. The molecule has 1 aromatic heterocycles. The first-order valence-electron chi connectivity index (χ1n) is 5.05. The zero-order valence-electron chi connectivity index (χ0n) is 9.41. The Bertz CT molecular complexity index is 577. The summed E-state index contributed by atoms with van der Waals surface area (Å²) in [5.41, 5.74) is 0.926. The molecule has 0 aliphatic rings. The van der Waals surface area contributed by atoms with E-state index in [-0.39, 0.29) is 0 Å². The standard InChI is InChI=1S/C11H12BrN3O2/c1-11(2,15-10(16)17)9-13-7-4-3-6(12)5-8(7)14-9/h3-5,15H,1-2H3,(H,13,14)(H,16,17). The summed E-state index contributed by atoms with van der Waals surface area (Å²) in [5, 5.41) is 11.2. The largest absolute Gasteiger partial charge is 0.465 e. The highest BCUT2D eigenvalue weighted by atomic mass is 79.9. The van der Waals surface area contributed by atoms with E-state index >= 15 is 0 Å². The van der Waals surface area contributed by atoms with E-state index in [1.165, 1.54) is 0 Å². The molecular weight excluding hydrogens is 286 g/mol. The molecule has 0 saturated heterocycles. The molecule has 0 spiro atoms. The maximum atomic E-state index is 10.7. The average Bonchev–Trinajstić information content (AvgIpc) is 2.58. The summed E-state index contributed by atoms with van der Waals surface area (Å²) >= 11 is 3.37. The van der Waals surface area contributed by atoms with E-state index in [1.54, 1.807) is 13.8 Å². The minimum Gasteiger partial charge on any atom is -0.465 e. The fraction of sp³-hybridized carbons (Fsp3) is 0.273. The van der Waals surface area contributed by atoms with Gasteiger partial charge in [-0.2, -0.15) is 0 Å². The maximum absolute atomic E-state index is 10.7. The molecule has 1 amide bonds. The van der Waals surface area contributed by atoms with Gasteiger partial charge in [0.05, 0.1) is 16.6 Å². The van der Waals surface area contributed by atoms with Crippen molar-refractivity contribution in [2.45, 2.75) is 19.4 Å². The van der Waals surface area contributed by atoms with Crippen LogP contribution in [-0.4, -0.2) is 21.2 Å². The fourth-order valence-electron chi connectivity index (χ4n) is 1.60. The number of amides is 1. The van der Waals surface area contributed by atoms with Gasteiger partial charge in [-0.1, -0.05) is 15.9 Å². The van der Waals surface area contributed by atoms with Crippen LogP contribution in [0.5, 0.6) is 0 Å². The Labute approximate surface area is 106 Å². The predicted molar refractivity (Wildman–Crippen MR) is 68.0 cm³/mol. The molecule has 0 fully saturated rings. The number of nitrogens with zero attached hydrogens (tertiary/aromatic N) is 1. The summed E-state index contributed by atoms with van der Waals surface area (Å²) in [6.45, 7) is 3.52. The second-order valence-electron chi connectivity index (χ2n) is 4.30. The van der Waals surface area contributed by atoms with E-state index in [2.05, 4.69) is 31.2 Å². The van der Waals surface area contributed by atoms with Crippen molar-refractivity contribution < 1.29 is 9.90 Å². The molecule has 2 aromatic rings. The first-order valence-corrected chi connectivity index (χ1v) is 5.84. The summed E-state index contributed by atoms with van der Waals surface area (Å²) in [5.74, 6) is 0.591. The number of hydrogen-bond donors (Lipinski definition) is 3. The highest BCUT2D eigenvalue weighted by Crippen LogP contribution is 2.23. The van der Waals surface area contributed by atoms with Crippen LogP contribution in [0.3, 0.4) is 0 Å². The number of halogens is 1. The fourth-order valence-corrected chi connectivity index (χ4v) is 1.95. The number of rotatable bonds is 2. The molecule has 0 unspecified atom stereocenters. The number of benzene rings is 1. The number of aromatic amines is 1. The third-order valence-electron chi connectivity index (χ3n) is 2.46. The summed E-state index contributed by atoms with van der Waals surface area (Å²) in [4.78, 5) is 18.2. The van der Waals surface area contributed by atoms with Crippen LogP contribution < -0.4 is 5.32 Å². The Morgan fingerprint density at radius 1 is 1.53 bits per heavy atom. The van der Waals surface area contributed by atoms with Crippen LogP contribution in [0.15, 0.2) is 22.7 Å². The van der Waals surface area contributed by atoms with Crippen molar-refractivity contribution in [3.8, 4) is 0 Å². The minimum absolute atomic E-state index is 0.591. The van der Waals surface area contributed by atoms with Gasteiger partial charge in [0, 0.05) is 4.47 Å². The quantitative estimate of drug-likeness (QED) is 0.797. The van der Waals surface area contributed by atoms with Crippen molar-refractivity contribution in [2.24, 2.45) is 0 Å². The van der Waals surface area contributed by atoms with Crippen LogP contribution >= 0.6 is 15.9 Å². The molecule has 0 aliphatic heterocycles. The monoisotopic (exact) mass is 297 g/mol. The second-order valence-corrected chi connectivity index (χ2v) is 5.22. The lowest BCUT2D eigenvalue weighted by Crippen LogP contribution is -2.40. The van der Waals surface area contributed by atoms with Crippen LogP contribution in [0.25, 0.3) is 11.0 Å². The zero-order chi connectivity index (χ0) is 12.6. The van der Waals surface area contributed by atoms with Gasteiger partial charge in [0.15, 0.2) is 0 Å². The van der Waals surface area contributed by atoms with Gasteiger partial charge in [-0.25, -0.2) is 9.78 Å². The average molecular weight is 298 g/mol. The van der Waals surface area contributed by atoms with Crippen LogP contribution in [0.4, 0.5) is 4.79 Å². The van der Waals surface area contributed by atoms with Gasteiger partial charge < -0.3 is 15.4 Å². The third-order valence-corrected chi connectivity index (χ3v) is 2.95. The number of carbonyl (C=O) groups is 1. The molecule has 0 saturated carbocycles. The van der Waals surface area contributed by atoms with Crippen molar-refractivity contribution in [1.82, 2.24) is 15.3 Å². The predicted octanol–water partition coefficient (Wildman–Crippen LogP) is 2.83. The van der Waals surface area contributed by atoms with E-state index < -0.39 is 11.6 Å². The molecule has 3 N–H and O–H groups in total. The SMILES string of the molecule is CC(C)(NC(=O)O)c1nc2cc(Br)ccc2[nH]1. The molecule has 2 rings (SSSR count). The molecule has 1 heterocycles. The van der Waals surface area contributed by atoms with E-state index in [9.17, 15) is 4.79 Å². The maximum Gasteiger partial charge on any atom is 0.405 e. The topological polar surface area (TPSA) is 78.0 Å². The van der Waals surface area contributed by atoms with Gasteiger partial charge in [0.2, 0.25) is 0 Å². The molecule has 1 aromatic carbocycles. The van der Waals surface area contributed by atoms with Gasteiger partial charge in [-0.3, -0.25) is 0 Å². The van der Waals surface area contributed by atoms with Crippen LogP contribution in [0.1, 0.15) is 19.7 Å². The number of aromatic nitrogens is 2. The molecule has 17 heavy (non-hydrogen) atoms. The van der Waals surface area contributed by atoms with Crippen LogP contribution in [-0.2, 0) is 5.54 Å². The first-order chi connectivity index (χ1) is 7.88. The summed E-state index contributed by atoms with van der Waals surface area (Å²) in [6.07, 6.45) is -1.07. The Kier molecular flexibility index (Phi) is 2.82. The number of hydrogen-bond acceptors (Lipinski definition) is 2. The lowest BCUT2D eigenvalue weighted by molar-refractivity contribution is 0.181. The number of fused-ring (bicyclic) bond motifs is 1. The van der Waals surface area contributed by atoms with E-state index in [0.717, 1.165) is 15.5 Å². The first kappa shape index (κ1) is 11.9. The zero-order valence-corrected chi connectivity index (χ0v) is 11.0. The van der Waals surface area contributed by atoms with Crippen LogP contribution in [0, 0.1) is 0 Å². The van der Waals surface area contributed by atoms with Crippen molar-refractivity contribution in [2.75, 3.05) is 0 Å². The van der Waals surface area contributed by atoms with E-state index in [0.29, 0.717) is 5.82 Å². The van der Waals surface area contributed by atoms with Gasteiger partial charge in [0.25, 0.3) is 0 Å². The van der Waals surface area contributed by atoms with Gasteiger partial charge in [-0.15, -0.1) is 0 Å². The Morgan fingerprint density at radius 2 is 2.24 bits per heavy atom. The second kappa shape index (κ2) is 4.03. The van der Waals surface area contributed by atoms with Gasteiger partial charge in [-0.05, 0) is 32.0 Å². The smallest absolute Gasteiger partial charge is 0.405 e. The molecule has 90 valence electrons. The Morgan fingerprint density at radius 3 is 2.88 bits per heavy atom. The molecule has 0 bridgehead atoms. The van der Waals surface area contributed by atoms with Crippen molar-refractivity contribution in [1.29, 1.82) is 0 Å². The van der Waals surface area contributed by atoms with E-state index in [1.807, 2.05) is 18.2 Å². The minimum atomic E-state index is -1.07. The Hall–Kier alpha value is -1.56. The third kappa shape index (κ3) is 2.41. The summed E-state index contributed by atoms with van der Waals surface area (Å²) in [6, 6.07) is 5.68. The number of carboxylic acid groups (broad SMARTS) is 1. The normalized spacial score (nSPS) is 11.7. The van der Waals surface area contributed by atoms with E-state index in [4.69, 9.17) is 5.11 Å². The molecule has 5 nitrogen and oxygen atoms in total. The lowest BCUT2D eigenvalue weighted by atomic mass is 10.1. The van der Waals surface area contributed by atoms with Gasteiger partial charge >= 0.3 is 6.09 Å². The molecule has 0 aliphatic carbocycles. The van der Waals surface area contributed by atoms with Crippen molar-refractivity contribution in [3.63, 3.8) is 0 Å². The highest BCUT2D eigenvalue weighted by Gasteiger charge is 2.26.